The average molecular weight is 716 g/mol. The van der Waals surface area contributed by atoms with Crippen LogP contribution in [0.4, 0.5) is 17.1 Å². The van der Waals surface area contributed by atoms with E-state index in [4.69, 9.17) is 0 Å². The third-order valence-corrected chi connectivity index (χ3v) is 11.7. The Morgan fingerprint density at radius 3 is 1.39 bits per heavy atom. The zero-order valence-electron chi connectivity index (χ0n) is 31.7. The van der Waals surface area contributed by atoms with Gasteiger partial charge in [0.2, 0.25) is 0 Å². The van der Waals surface area contributed by atoms with Gasteiger partial charge < -0.3 is 4.90 Å². The second kappa shape index (κ2) is 13.7. The highest BCUT2D eigenvalue weighted by Gasteiger charge is 2.36. The van der Waals surface area contributed by atoms with E-state index in [9.17, 15) is 0 Å². The summed E-state index contributed by atoms with van der Waals surface area (Å²) in [5, 5.41) is 2.53. The van der Waals surface area contributed by atoms with Gasteiger partial charge in [0.25, 0.3) is 0 Å². The molecule has 1 nitrogen and oxygen atoms in total. The number of para-hydroxylation sites is 1. The minimum absolute atomic E-state index is 0.176. The monoisotopic (exact) mass is 715 g/mol. The summed E-state index contributed by atoms with van der Waals surface area (Å²) in [6.45, 7) is 4.75. The van der Waals surface area contributed by atoms with Gasteiger partial charge in [0.1, 0.15) is 0 Å². The molecule has 1 heteroatoms. The summed E-state index contributed by atoms with van der Waals surface area (Å²) >= 11 is 0. The molecule has 1 aliphatic carbocycles. The SMILES string of the molecule is CC1(C)c2cc(-c3cccc(-c4ccc5ccccc5c4)c3)ccc2-c2ccc(N(c3ccccc3)c3ccc(-c4ccc(-c5ccccc5)cc4)cc3)cc21. The molecule has 0 spiro atoms. The number of anilines is 3. The second-order valence-corrected chi connectivity index (χ2v) is 15.4. The molecule has 10 rings (SSSR count). The molecule has 9 aromatic carbocycles. The molecule has 0 unspecified atom stereocenters. The van der Waals surface area contributed by atoms with Crippen molar-refractivity contribution in [3.63, 3.8) is 0 Å². The molecule has 9 aromatic rings. The van der Waals surface area contributed by atoms with Crippen LogP contribution in [-0.4, -0.2) is 0 Å². The number of hydrogen-bond acceptors (Lipinski definition) is 1. The number of nitrogens with zero attached hydrogens (tertiary/aromatic N) is 1. The standard InChI is InChI=1S/C55H41N/c1-55(2)53-36-47(45-17-11-16-44(35-45)46-25-24-39-14-9-10-15-43(39)34-46)28-32-51(53)52-33-31-50(37-54(52)55)56(48-18-7-4-8-19-48)49-29-26-42(27-30-49)41-22-20-40(21-23-41)38-12-5-3-6-13-38/h3-37H,1-2H3. The molecule has 0 heterocycles. The number of benzene rings is 9. The van der Waals surface area contributed by atoms with Crippen molar-refractivity contribution in [1.29, 1.82) is 0 Å². The Kier molecular flexibility index (Phi) is 8.23. The van der Waals surface area contributed by atoms with Crippen LogP contribution in [0.5, 0.6) is 0 Å². The second-order valence-electron chi connectivity index (χ2n) is 15.4. The fourth-order valence-corrected chi connectivity index (χ4v) is 8.60. The lowest BCUT2D eigenvalue weighted by Gasteiger charge is -2.28. The van der Waals surface area contributed by atoms with E-state index < -0.39 is 0 Å². The number of hydrogen-bond donors (Lipinski definition) is 0. The summed E-state index contributed by atoms with van der Waals surface area (Å²) in [5.41, 5.74) is 18.4. The maximum atomic E-state index is 2.43. The van der Waals surface area contributed by atoms with Crippen molar-refractivity contribution in [3.05, 3.63) is 223 Å². The fraction of sp³-hybridized carbons (Fsp3) is 0.0545. The van der Waals surface area contributed by atoms with Gasteiger partial charge in [0.15, 0.2) is 0 Å². The topological polar surface area (TPSA) is 3.24 Å². The summed E-state index contributed by atoms with van der Waals surface area (Å²) < 4.78 is 0. The van der Waals surface area contributed by atoms with Crippen LogP contribution in [0.15, 0.2) is 212 Å². The minimum atomic E-state index is -0.176. The van der Waals surface area contributed by atoms with Crippen molar-refractivity contribution in [2.45, 2.75) is 19.3 Å². The molecule has 1 aliphatic rings. The smallest absolute Gasteiger partial charge is 0.0465 e. The summed E-state index contributed by atoms with van der Waals surface area (Å²) in [7, 11) is 0. The predicted octanol–water partition coefficient (Wildman–Crippen LogP) is 15.3. The Morgan fingerprint density at radius 2 is 0.714 bits per heavy atom. The molecule has 0 bridgehead atoms. The van der Waals surface area contributed by atoms with Crippen molar-refractivity contribution in [2.24, 2.45) is 0 Å². The highest BCUT2D eigenvalue weighted by molar-refractivity contribution is 5.90. The third kappa shape index (κ3) is 5.99. The summed E-state index contributed by atoms with van der Waals surface area (Å²) in [4.78, 5) is 2.38. The van der Waals surface area contributed by atoms with Gasteiger partial charge in [0, 0.05) is 22.5 Å². The van der Waals surface area contributed by atoms with E-state index in [-0.39, 0.29) is 5.41 Å². The normalized spacial score (nSPS) is 12.6. The lowest BCUT2D eigenvalue weighted by Crippen LogP contribution is -2.16. The van der Waals surface area contributed by atoms with Crippen LogP contribution in [-0.2, 0) is 5.41 Å². The van der Waals surface area contributed by atoms with Crippen LogP contribution < -0.4 is 4.90 Å². The predicted molar refractivity (Wildman–Crippen MR) is 238 cm³/mol. The van der Waals surface area contributed by atoms with E-state index in [0.717, 1.165) is 17.1 Å². The first-order chi connectivity index (χ1) is 27.5. The molecule has 0 atom stereocenters. The van der Waals surface area contributed by atoms with Crippen molar-refractivity contribution in [2.75, 3.05) is 4.90 Å². The minimum Gasteiger partial charge on any atom is -0.310 e. The zero-order valence-corrected chi connectivity index (χ0v) is 31.7. The number of rotatable bonds is 7. The molecule has 0 amide bonds. The maximum Gasteiger partial charge on any atom is 0.0465 e. The quantitative estimate of drug-likeness (QED) is 0.159. The van der Waals surface area contributed by atoms with Crippen LogP contribution >= 0.6 is 0 Å². The van der Waals surface area contributed by atoms with E-state index in [1.165, 1.54) is 77.5 Å². The zero-order chi connectivity index (χ0) is 37.6. The highest BCUT2D eigenvalue weighted by atomic mass is 15.1. The number of fused-ring (bicyclic) bond motifs is 4. The molecule has 266 valence electrons. The van der Waals surface area contributed by atoms with E-state index in [1.807, 2.05) is 0 Å². The van der Waals surface area contributed by atoms with Gasteiger partial charge in [-0.15, -0.1) is 0 Å². The van der Waals surface area contributed by atoms with Crippen LogP contribution in [0, 0.1) is 0 Å². The maximum absolute atomic E-state index is 2.43. The highest BCUT2D eigenvalue weighted by Crippen LogP contribution is 2.51. The fourth-order valence-electron chi connectivity index (χ4n) is 8.60. The van der Waals surface area contributed by atoms with E-state index in [1.54, 1.807) is 0 Å². The van der Waals surface area contributed by atoms with Gasteiger partial charge in [-0.2, -0.15) is 0 Å². The molecule has 0 aliphatic heterocycles. The molecule has 0 N–H and O–H groups in total. The van der Waals surface area contributed by atoms with E-state index >= 15 is 0 Å². The van der Waals surface area contributed by atoms with Crippen LogP contribution in [0.3, 0.4) is 0 Å². The largest absolute Gasteiger partial charge is 0.310 e. The van der Waals surface area contributed by atoms with E-state index in [2.05, 4.69) is 231 Å². The Morgan fingerprint density at radius 1 is 0.286 bits per heavy atom. The summed E-state index contributed by atoms with van der Waals surface area (Å²) in [5.74, 6) is 0. The van der Waals surface area contributed by atoms with Gasteiger partial charge in [0.05, 0.1) is 0 Å². The molecule has 0 fully saturated rings. The van der Waals surface area contributed by atoms with Crippen LogP contribution in [0.25, 0.3) is 66.4 Å². The van der Waals surface area contributed by atoms with Gasteiger partial charge in [-0.05, 0) is 132 Å². The molecule has 56 heavy (non-hydrogen) atoms. The van der Waals surface area contributed by atoms with Crippen molar-refractivity contribution < 1.29 is 0 Å². The van der Waals surface area contributed by atoms with Crippen molar-refractivity contribution >= 4 is 27.8 Å². The first-order valence-corrected chi connectivity index (χ1v) is 19.5. The average Bonchev–Trinajstić information content (AvgIpc) is 3.49. The Labute approximate surface area is 329 Å². The van der Waals surface area contributed by atoms with E-state index in [0.29, 0.717) is 0 Å². The lowest BCUT2D eigenvalue weighted by molar-refractivity contribution is 0.660. The molecule has 0 radical (unpaired) electrons. The first-order valence-electron chi connectivity index (χ1n) is 19.5. The molecular formula is C55H41N. The molecule has 0 saturated carbocycles. The van der Waals surface area contributed by atoms with Gasteiger partial charge in [-0.3, -0.25) is 0 Å². The van der Waals surface area contributed by atoms with Crippen molar-refractivity contribution in [1.82, 2.24) is 0 Å². The Bertz CT molecular complexity index is 2850. The lowest BCUT2D eigenvalue weighted by atomic mass is 9.81. The van der Waals surface area contributed by atoms with Crippen LogP contribution in [0.1, 0.15) is 25.0 Å². The van der Waals surface area contributed by atoms with Gasteiger partial charge in [-0.25, -0.2) is 0 Å². The van der Waals surface area contributed by atoms with Gasteiger partial charge >= 0.3 is 0 Å². The Hall–Kier alpha value is -6.96. The molecular weight excluding hydrogens is 675 g/mol. The summed E-state index contributed by atoms with van der Waals surface area (Å²) in [6.07, 6.45) is 0. The van der Waals surface area contributed by atoms with Gasteiger partial charge in [-0.1, -0.05) is 172 Å². The van der Waals surface area contributed by atoms with Crippen LogP contribution in [0.2, 0.25) is 0 Å². The first kappa shape index (κ1) is 33.6. The Balaban J connectivity index is 0.971. The summed E-state index contributed by atoms with van der Waals surface area (Å²) in [6, 6.07) is 77.5. The van der Waals surface area contributed by atoms with Crippen molar-refractivity contribution in [3.8, 4) is 55.6 Å². The third-order valence-electron chi connectivity index (χ3n) is 11.7. The molecule has 0 aromatic heterocycles. The molecule has 0 saturated heterocycles.